The van der Waals surface area contributed by atoms with Crippen molar-refractivity contribution in [3.05, 3.63) is 0 Å². The number of aliphatic hydroxyl groups is 4. The Labute approximate surface area is 136 Å². The summed E-state index contributed by atoms with van der Waals surface area (Å²) in [6.07, 6.45) is -5.95. The van der Waals surface area contributed by atoms with Gasteiger partial charge in [0.25, 0.3) is 0 Å². The molecule has 0 aromatic rings. The summed E-state index contributed by atoms with van der Waals surface area (Å²) in [5.74, 6) is 0. The van der Waals surface area contributed by atoms with Crippen molar-refractivity contribution in [2.45, 2.75) is 88.4 Å². The molecule has 2 rings (SSSR count). The highest BCUT2D eigenvalue weighted by Crippen LogP contribution is 2.39. The second-order valence-corrected chi connectivity index (χ2v) is 7.78. The lowest BCUT2D eigenvalue weighted by atomic mass is 9.80. The summed E-state index contributed by atoms with van der Waals surface area (Å²) in [4.78, 5) is 0. The lowest BCUT2D eigenvalue weighted by Crippen LogP contribution is -2.63. The van der Waals surface area contributed by atoms with Gasteiger partial charge in [-0.1, -0.05) is 0 Å². The summed E-state index contributed by atoms with van der Waals surface area (Å²) in [5, 5.41) is 52.3. The zero-order valence-electron chi connectivity index (χ0n) is 14.0. The fourth-order valence-corrected chi connectivity index (χ4v) is 3.64. The molecule has 1 radical (unpaired) electrons. The quantitative estimate of drug-likeness (QED) is 0.531. The zero-order valence-corrected chi connectivity index (χ0v) is 14.0. The van der Waals surface area contributed by atoms with E-state index in [0.717, 1.165) is 5.06 Å². The number of rotatable bonds is 3. The van der Waals surface area contributed by atoms with Crippen LogP contribution in [0.3, 0.4) is 0 Å². The van der Waals surface area contributed by atoms with Crippen molar-refractivity contribution in [3.8, 4) is 0 Å². The number of ether oxygens (including phenoxy) is 2. The van der Waals surface area contributed by atoms with E-state index in [-0.39, 0.29) is 6.10 Å². The van der Waals surface area contributed by atoms with Crippen LogP contribution in [0.5, 0.6) is 0 Å². The fraction of sp³-hybridized carbons (Fsp3) is 1.00. The van der Waals surface area contributed by atoms with E-state index < -0.39 is 48.4 Å². The van der Waals surface area contributed by atoms with Crippen molar-refractivity contribution in [1.82, 2.24) is 5.06 Å². The lowest BCUT2D eigenvalue weighted by molar-refractivity contribution is -0.340. The molecule has 8 heteroatoms. The highest BCUT2D eigenvalue weighted by Gasteiger charge is 2.50. The predicted molar refractivity (Wildman–Crippen MR) is 78.6 cm³/mol. The van der Waals surface area contributed by atoms with Gasteiger partial charge in [0.2, 0.25) is 0 Å². The van der Waals surface area contributed by atoms with Gasteiger partial charge in [-0.25, -0.2) is 0 Å². The number of hydroxylamine groups is 2. The van der Waals surface area contributed by atoms with Gasteiger partial charge in [0.15, 0.2) is 6.29 Å². The van der Waals surface area contributed by atoms with Crippen molar-refractivity contribution in [2.75, 3.05) is 6.61 Å². The van der Waals surface area contributed by atoms with Crippen LogP contribution in [0.1, 0.15) is 40.5 Å². The Hall–Kier alpha value is -0.320. The average molecular weight is 334 g/mol. The summed E-state index contributed by atoms with van der Waals surface area (Å²) in [6.45, 7) is 6.80. The molecule has 0 aromatic carbocycles. The monoisotopic (exact) mass is 334 g/mol. The second kappa shape index (κ2) is 6.53. The minimum absolute atomic E-state index is 0.355. The van der Waals surface area contributed by atoms with Crippen LogP contribution < -0.4 is 0 Å². The van der Waals surface area contributed by atoms with Crippen LogP contribution in [0.4, 0.5) is 0 Å². The number of nitrogens with zero attached hydrogens (tertiary/aromatic N) is 1. The molecule has 2 heterocycles. The van der Waals surface area contributed by atoms with Crippen LogP contribution in [0.15, 0.2) is 0 Å². The Morgan fingerprint density at radius 3 is 2.04 bits per heavy atom. The molecule has 2 saturated heterocycles. The Morgan fingerprint density at radius 2 is 1.57 bits per heavy atom. The van der Waals surface area contributed by atoms with Gasteiger partial charge < -0.3 is 29.9 Å². The average Bonchev–Trinajstić information content (AvgIpc) is 2.44. The van der Waals surface area contributed by atoms with Crippen LogP contribution in [0.25, 0.3) is 0 Å². The summed E-state index contributed by atoms with van der Waals surface area (Å²) in [5.41, 5.74) is -1.28. The summed E-state index contributed by atoms with van der Waals surface area (Å²) < 4.78 is 11.2. The molecular weight excluding hydrogens is 306 g/mol. The van der Waals surface area contributed by atoms with Crippen molar-refractivity contribution in [2.24, 2.45) is 0 Å². The predicted octanol–water partition coefficient (Wildman–Crippen LogP) is -0.830. The topological polar surface area (TPSA) is 123 Å². The highest BCUT2D eigenvalue weighted by molar-refractivity contribution is 4.97. The van der Waals surface area contributed by atoms with Crippen LogP contribution in [-0.4, -0.2) is 80.0 Å². The molecule has 0 saturated carbocycles. The van der Waals surface area contributed by atoms with Gasteiger partial charge in [-0.15, -0.1) is 10.3 Å². The zero-order chi connectivity index (χ0) is 17.6. The number of aliphatic hydroxyl groups excluding tert-OH is 4. The second-order valence-electron chi connectivity index (χ2n) is 7.78. The van der Waals surface area contributed by atoms with Crippen LogP contribution in [-0.2, 0) is 14.7 Å². The van der Waals surface area contributed by atoms with E-state index in [1.165, 1.54) is 0 Å². The van der Waals surface area contributed by atoms with Gasteiger partial charge in [-0.05, 0) is 40.5 Å². The van der Waals surface area contributed by atoms with E-state index in [1.54, 1.807) is 0 Å². The van der Waals surface area contributed by atoms with Gasteiger partial charge in [0.1, 0.15) is 24.4 Å². The van der Waals surface area contributed by atoms with Crippen LogP contribution in [0.2, 0.25) is 0 Å². The third-order valence-electron chi connectivity index (χ3n) is 4.73. The van der Waals surface area contributed by atoms with E-state index >= 15 is 0 Å². The Bertz CT molecular complexity index is 397. The maximum Gasteiger partial charge on any atom is 0.186 e. The van der Waals surface area contributed by atoms with E-state index in [0.29, 0.717) is 12.8 Å². The SMILES string of the molecule is CC1(C)CC(OC2O[C@H](CO)[C@@H](O)[C@H](O)[C@H]2O)CC(C)(C)N1[O]. The van der Waals surface area contributed by atoms with Crippen LogP contribution in [0, 0.1) is 0 Å². The Morgan fingerprint density at radius 1 is 1.04 bits per heavy atom. The summed E-state index contributed by atoms with van der Waals surface area (Å²) in [7, 11) is 0. The fourth-order valence-electron chi connectivity index (χ4n) is 3.64. The first-order valence-electron chi connectivity index (χ1n) is 7.93. The summed E-state index contributed by atoms with van der Waals surface area (Å²) in [6, 6.07) is 0. The van der Waals surface area contributed by atoms with Crippen molar-refractivity contribution in [1.29, 1.82) is 0 Å². The molecule has 2 aliphatic rings. The number of piperidine rings is 1. The molecule has 0 aliphatic carbocycles. The standard InChI is InChI=1S/C15H28NO7/c1-14(2)5-8(6-15(3,4)16(14)21)22-13-12(20)11(19)10(18)9(7-17)23-13/h8-13,17-20H,5-7H2,1-4H3/t9-,10-,11+,12-,13?/m1/s1. The molecule has 8 nitrogen and oxygen atoms in total. The molecule has 5 atom stereocenters. The molecule has 2 aliphatic heterocycles. The molecule has 135 valence electrons. The van der Waals surface area contributed by atoms with Gasteiger partial charge in [0.05, 0.1) is 12.7 Å². The van der Waals surface area contributed by atoms with E-state index in [9.17, 15) is 25.6 Å². The molecule has 2 fully saturated rings. The lowest BCUT2D eigenvalue weighted by Gasteiger charge is -2.51. The maximum atomic E-state index is 12.3. The Kier molecular flexibility index (Phi) is 5.40. The largest absolute Gasteiger partial charge is 0.394 e. The normalized spacial score (nSPS) is 41.9. The number of hydrogen-bond donors (Lipinski definition) is 4. The summed E-state index contributed by atoms with van der Waals surface area (Å²) >= 11 is 0. The number of hydrogen-bond acceptors (Lipinski definition) is 7. The first kappa shape index (κ1) is 19.0. The van der Waals surface area contributed by atoms with E-state index in [1.807, 2.05) is 27.7 Å². The third-order valence-corrected chi connectivity index (χ3v) is 4.73. The van der Waals surface area contributed by atoms with Gasteiger partial charge in [-0.3, -0.25) is 0 Å². The van der Waals surface area contributed by atoms with Crippen molar-refractivity contribution < 1.29 is 35.1 Å². The molecule has 0 aromatic heterocycles. The highest BCUT2D eigenvalue weighted by atomic mass is 16.7. The molecular formula is C15H28NO7. The smallest absolute Gasteiger partial charge is 0.186 e. The third kappa shape index (κ3) is 3.69. The first-order valence-corrected chi connectivity index (χ1v) is 7.93. The van der Waals surface area contributed by atoms with E-state index in [4.69, 9.17) is 9.47 Å². The Balaban J connectivity index is 2.09. The minimum Gasteiger partial charge on any atom is -0.394 e. The molecule has 1 unspecified atom stereocenters. The molecule has 0 spiro atoms. The molecule has 0 amide bonds. The molecule has 4 N–H and O–H groups in total. The van der Waals surface area contributed by atoms with Crippen molar-refractivity contribution in [3.63, 3.8) is 0 Å². The maximum absolute atomic E-state index is 12.3. The van der Waals surface area contributed by atoms with Gasteiger partial charge >= 0.3 is 0 Å². The molecule has 0 bridgehead atoms. The first-order chi connectivity index (χ1) is 10.5. The van der Waals surface area contributed by atoms with Gasteiger partial charge in [-0.2, -0.15) is 0 Å². The van der Waals surface area contributed by atoms with Crippen molar-refractivity contribution >= 4 is 0 Å². The molecule has 23 heavy (non-hydrogen) atoms. The van der Waals surface area contributed by atoms with E-state index in [2.05, 4.69) is 0 Å². The van der Waals surface area contributed by atoms with Gasteiger partial charge in [0, 0.05) is 11.1 Å². The minimum atomic E-state index is -1.47. The van der Waals surface area contributed by atoms with Crippen LogP contribution >= 0.6 is 0 Å².